The molecule has 3 aromatic heterocycles. The highest BCUT2D eigenvalue weighted by atomic mass is 16.5. The van der Waals surface area contributed by atoms with Crippen LogP contribution in [0.2, 0.25) is 0 Å². The van der Waals surface area contributed by atoms with Crippen molar-refractivity contribution in [1.82, 2.24) is 24.5 Å². The molecule has 2 atom stereocenters. The Morgan fingerprint density at radius 2 is 2.07 bits per heavy atom. The van der Waals surface area contributed by atoms with Gasteiger partial charge in [0.05, 0.1) is 13.2 Å². The molecule has 3 aromatic rings. The van der Waals surface area contributed by atoms with Crippen molar-refractivity contribution in [2.24, 2.45) is 7.05 Å². The molecule has 4 heterocycles. The fourth-order valence-corrected chi connectivity index (χ4v) is 3.51. The van der Waals surface area contributed by atoms with Gasteiger partial charge in [0.15, 0.2) is 11.2 Å². The minimum absolute atomic E-state index is 0.0114. The van der Waals surface area contributed by atoms with Gasteiger partial charge < -0.3 is 19.0 Å². The fourth-order valence-electron chi connectivity index (χ4n) is 3.51. The second-order valence-corrected chi connectivity index (χ2v) is 6.93. The molecule has 0 aromatic carbocycles. The van der Waals surface area contributed by atoms with Crippen molar-refractivity contribution in [3.63, 3.8) is 0 Å². The zero-order chi connectivity index (χ0) is 19.8. The Balaban J connectivity index is 1.68. The number of rotatable bonds is 3. The molecule has 0 spiro atoms. The van der Waals surface area contributed by atoms with Crippen LogP contribution in [0.1, 0.15) is 41.9 Å². The molecule has 146 valence electrons. The average molecular weight is 383 g/mol. The molecule has 9 nitrogen and oxygen atoms in total. The Hall–Kier alpha value is -3.07. The largest absolute Gasteiger partial charge is 0.480 e. The molecule has 1 N–H and O–H groups in total. The van der Waals surface area contributed by atoms with E-state index in [0.717, 1.165) is 12.0 Å². The monoisotopic (exact) mass is 383 g/mol. The Morgan fingerprint density at radius 3 is 2.82 bits per heavy atom. The maximum absolute atomic E-state index is 12.5. The third kappa shape index (κ3) is 3.29. The summed E-state index contributed by atoms with van der Waals surface area (Å²) in [6.45, 7) is 2.30. The number of aromatic nitrogens is 5. The van der Waals surface area contributed by atoms with Gasteiger partial charge in [0.25, 0.3) is 5.56 Å². The molecule has 1 saturated heterocycles. The van der Waals surface area contributed by atoms with Gasteiger partial charge in [-0.05, 0) is 31.4 Å². The van der Waals surface area contributed by atoms with E-state index in [1.807, 2.05) is 0 Å². The summed E-state index contributed by atoms with van der Waals surface area (Å²) in [6.07, 6.45) is 3.00. The van der Waals surface area contributed by atoms with Crippen molar-refractivity contribution >= 4 is 11.2 Å². The number of hydrogen-bond acceptors (Lipinski definition) is 7. The van der Waals surface area contributed by atoms with Crippen LogP contribution in [0.4, 0.5) is 0 Å². The summed E-state index contributed by atoms with van der Waals surface area (Å²) in [6, 6.07) is 3.32. The number of nitrogens with zero attached hydrogens (tertiary/aromatic N) is 4. The lowest BCUT2D eigenvalue weighted by atomic mass is 9.91. The van der Waals surface area contributed by atoms with Gasteiger partial charge in [-0.3, -0.25) is 9.59 Å². The van der Waals surface area contributed by atoms with E-state index in [0.29, 0.717) is 36.1 Å². The second kappa shape index (κ2) is 7.16. The highest BCUT2D eigenvalue weighted by Gasteiger charge is 2.28. The summed E-state index contributed by atoms with van der Waals surface area (Å²) >= 11 is 0. The van der Waals surface area contributed by atoms with E-state index in [4.69, 9.17) is 9.47 Å². The quantitative estimate of drug-likeness (QED) is 0.727. The molecule has 0 bridgehead atoms. The van der Waals surface area contributed by atoms with Crippen LogP contribution in [-0.4, -0.2) is 38.2 Å². The standard InChI is InChI=1S/C19H21N5O4/c1-10-19(27-3)21-15-17(20-10)22-16(23-18(15)26)11-6-7-28-13(8-11)12-4-5-14(25)24(2)9-12/h4-5,9,11,13H,6-8H2,1-3H3,(H,20,22,23,26)/t11-,13+/m0/s1. The molecular weight excluding hydrogens is 362 g/mol. The maximum Gasteiger partial charge on any atom is 0.279 e. The minimum Gasteiger partial charge on any atom is -0.480 e. The van der Waals surface area contributed by atoms with Gasteiger partial charge in [0.1, 0.15) is 11.5 Å². The number of aromatic amines is 1. The van der Waals surface area contributed by atoms with Crippen molar-refractivity contribution < 1.29 is 9.47 Å². The molecular formula is C19H21N5O4. The Morgan fingerprint density at radius 1 is 1.25 bits per heavy atom. The number of H-pyrrole nitrogens is 1. The molecule has 1 aliphatic rings. The predicted octanol–water partition coefficient (Wildman–Crippen LogP) is 1.36. The Labute approximate surface area is 160 Å². The summed E-state index contributed by atoms with van der Waals surface area (Å²) in [5.74, 6) is 0.903. The molecule has 28 heavy (non-hydrogen) atoms. The van der Waals surface area contributed by atoms with Gasteiger partial charge in [-0.2, -0.15) is 0 Å². The number of fused-ring (bicyclic) bond motifs is 1. The smallest absolute Gasteiger partial charge is 0.279 e. The molecule has 9 heteroatoms. The summed E-state index contributed by atoms with van der Waals surface area (Å²) < 4.78 is 12.6. The van der Waals surface area contributed by atoms with Crippen molar-refractivity contribution in [2.75, 3.05) is 13.7 Å². The van der Waals surface area contributed by atoms with Crippen LogP contribution < -0.4 is 15.9 Å². The van der Waals surface area contributed by atoms with Crippen molar-refractivity contribution in [2.45, 2.75) is 31.8 Å². The molecule has 0 aliphatic carbocycles. The van der Waals surface area contributed by atoms with Gasteiger partial charge >= 0.3 is 0 Å². The van der Waals surface area contributed by atoms with E-state index >= 15 is 0 Å². The summed E-state index contributed by atoms with van der Waals surface area (Å²) in [4.78, 5) is 40.2. The van der Waals surface area contributed by atoms with Crippen molar-refractivity contribution in [3.8, 4) is 5.88 Å². The SMILES string of the molecule is COc1nc2c(=O)[nH]c([C@H]3CCO[C@@H](c4ccc(=O)n(C)c4)C3)nc2nc1C. The van der Waals surface area contributed by atoms with Gasteiger partial charge in [0, 0.05) is 31.8 Å². The van der Waals surface area contributed by atoms with Crippen LogP contribution in [0.3, 0.4) is 0 Å². The number of methoxy groups -OCH3 is 1. The van der Waals surface area contributed by atoms with Crippen LogP contribution in [0.25, 0.3) is 11.2 Å². The zero-order valence-electron chi connectivity index (χ0n) is 15.9. The number of ether oxygens (including phenoxy) is 2. The van der Waals surface area contributed by atoms with Gasteiger partial charge in [-0.25, -0.2) is 15.0 Å². The summed E-state index contributed by atoms with van der Waals surface area (Å²) in [7, 11) is 3.20. The lowest BCUT2D eigenvalue weighted by Crippen LogP contribution is -2.24. The second-order valence-electron chi connectivity index (χ2n) is 6.93. The number of nitrogens with one attached hydrogen (secondary N) is 1. The first-order chi connectivity index (χ1) is 13.5. The number of aryl methyl sites for hydroxylation is 2. The predicted molar refractivity (Wildman–Crippen MR) is 102 cm³/mol. The van der Waals surface area contributed by atoms with E-state index in [2.05, 4.69) is 19.9 Å². The summed E-state index contributed by atoms with van der Waals surface area (Å²) in [5.41, 5.74) is 1.57. The van der Waals surface area contributed by atoms with Gasteiger partial charge in [0.2, 0.25) is 11.4 Å². The lowest BCUT2D eigenvalue weighted by molar-refractivity contribution is 0.00360. The highest BCUT2D eigenvalue weighted by Crippen LogP contribution is 2.35. The molecule has 0 radical (unpaired) electrons. The molecule has 1 aliphatic heterocycles. The zero-order valence-corrected chi connectivity index (χ0v) is 15.9. The van der Waals surface area contributed by atoms with Crippen LogP contribution in [-0.2, 0) is 11.8 Å². The third-order valence-electron chi connectivity index (χ3n) is 5.04. The lowest BCUT2D eigenvalue weighted by Gasteiger charge is -2.29. The van der Waals surface area contributed by atoms with Gasteiger partial charge in [-0.15, -0.1) is 0 Å². The molecule has 0 amide bonds. The molecule has 0 saturated carbocycles. The van der Waals surface area contributed by atoms with Crippen LogP contribution in [0.5, 0.6) is 5.88 Å². The topological polar surface area (TPSA) is 112 Å². The normalized spacial score (nSPS) is 19.7. The number of hydrogen-bond donors (Lipinski definition) is 1. The van der Waals surface area contributed by atoms with Crippen LogP contribution in [0.15, 0.2) is 27.9 Å². The first kappa shape index (κ1) is 18.3. The molecule has 4 rings (SSSR count). The van der Waals surface area contributed by atoms with Crippen LogP contribution >= 0.6 is 0 Å². The van der Waals surface area contributed by atoms with E-state index in [-0.39, 0.29) is 28.7 Å². The minimum atomic E-state index is -0.337. The van der Waals surface area contributed by atoms with E-state index in [9.17, 15) is 9.59 Å². The Bertz CT molecular complexity index is 1150. The van der Waals surface area contributed by atoms with E-state index < -0.39 is 0 Å². The van der Waals surface area contributed by atoms with E-state index in [1.54, 1.807) is 26.2 Å². The average Bonchev–Trinajstić information content (AvgIpc) is 2.69. The highest BCUT2D eigenvalue weighted by molar-refractivity contribution is 5.69. The Kier molecular flexibility index (Phi) is 4.68. The first-order valence-electron chi connectivity index (χ1n) is 9.07. The third-order valence-corrected chi connectivity index (χ3v) is 5.04. The maximum atomic E-state index is 12.5. The van der Waals surface area contributed by atoms with Crippen molar-refractivity contribution in [3.05, 3.63) is 56.1 Å². The fraction of sp³-hybridized carbons (Fsp3) is 0.421. The summed E-state index contributed by atoms with van der Waals surface area (Å²) in [5, 5.41) is 0. The van der Waals surface area contributed by atoms with E-state index in [1.165, 1.54) is 17.7 Å². The number of pyridine rings is 1. The molecule has 1 fully saturated rings. The van der Waals surface area contributed by atoms with Crippen LogP contribution in [0, 0.1) is 6.92 Å². The van der Waals surface area contributed by atoms with Crippen molar-refractivity contribution in [1.29, 1.82) is 0 Å². The molecule has 0 unspecified atom stereocenters. The van der Waals surface area contributed by atoms with Gasteiger partial charge in [-0.1, -0.05) is 0 Å². The first-order valence-corrected chi connectivity index (χ1v) is 9.07.